The fourth-order valence-corrected chi connectivity index (χ4v) is 3.14. The van der Waals surface area contributed by atoms with Crippen LogP contribution >= 0.6 is 11.6 Å². The van der Waals surface area contributed by atoms with Crippen LogP contribution < -0.4 is 4.72 Å². The molecule has 7 heteroatoms. The number of imidazole rings is 1. The Hall–Kier alpha value is -2.05. The number of rotatable bonds is 3. The number of aromatic nitrogens is 2. The van der Waals surface area contributed by atoms with Gasteiger partial charge in [-0.25, -0.2) is 18.1 Å². The molecular formula is C14H12ClN3O2S. The van der Waals surface area contributed by atoms with Crippen molar-refractivity contribution in [3.8, 4) is 0 Å². The van der Waals surface area contributed by atoms with Crippen LogP contribution in [0.15, 0.2) is 47.4 Å². The van der Waals surface area contributed by atoms with E-state index >= 15 is 0 Å². The zero-order valence-corrected chi connectivity index (χ0v) is 12.7. The second-order valence-electron chi connectivity index (χ2n) is 4.62. The van der Waals surface area contributed by atoms with Crippen LogP contribution in [0, 0.1) is 6.92 Å². The Kier molecular flexibility index (Phi) is 3.35. The lowest BCUT2D eigenvalue weighted by atomic mass is 10.2. The molecule has 0 aliphatic rings. The summed E-state index contributed by atoms with van der Waals surface area (Å²) in [5, 5.41) is 0.526. The van der Waals surface area contributed by atoms with Crippen molar-refractivity contribution in [2.45, 2.75) is 11.8 Å². The van der Waals surface area contributed by atoms with E-state index in [-0.39, 0.29) is 10.8 Å². The van der Waals surface area contributed by atoms with Gasteiger partial charge in [-0.15, -0.1) is 0 Å². The number of anilines is 1. The molecular weight excluding hydrogens is 310 g/mol. The number of hydrogen-bond acceptors (Lipinski definition) is 3. The third-order valence-corrected chi connectivity index (χ3v) is 4.82. The molecule has 0 aliphatic heterocycles. The number of nitrogens with one attached hydrogen (secondary N) is 2. The summed E-state index contributed by atoms with van der Waals surface area (Å²) in [7, 11) is -3.70. The minimum Gasteiger partial charge on any atom is -0.323 e. The summed E-state index contributed by atoms with van der Waals surface area (Å²) in [6.07, 6.45) is 0. The summed E-state index contributed by atoms with van der Waals surface area (Å²) in [5.41, 5.74) is 2.16. The predicted octanol–water partition coefficient (Wildman–Crippen LogP) is 3.33. The summed E-state index contributed by atoms with van der Waals surface area (Å²) >= 11 is 5.91. The zero-order chi connectivity index (χ0) is 15.0. The molecule has 0 spiro atoms. The molecule has 2 N–H and O–H groups in total. The van der Waals surface area contributed by atoms with Crippen molar-refractivity contribution >= 4 is 38.6 Å². The number of H-pyrrole nitrogens is 1. The van der Waals surface area contributed by atoms with E-state index in [0.717, 1.165) is 5.52 Å². The molecule has 0 bridgehead atoms. The number of hydrogen-bond donors (Lipinski definition) is 2. The number of para-hydroxylation sites is 2. The van der Waals surface area contributed by atoms with Gasteiger partial charge in [0.2, 0.25) is 5.95 Å². The summed E-state index contributed by atoms with van der Waals surface area (Å²) < 4.78 is 27.1. The van der Waals surface area contributed by atoms with E-state index in [0.29, 0.717) is 16.1 Å². The molecule has 0 unspecified atom stereocenters. The number of nitrogens with zero attached hydrogens (tertiary/aromatic N) is 1. The highest BCUT2D eigenvalue weighted by Gasteiger charge is 2.17. The molecule has 5 nitrogen and oxygen atoms in total. The van der Waals surface area contributed by atoms with E-state index in [1.165, 1.54) is 12.1 Å². The van der Waals surface area contributed by atoms with Gasteiger partial charge in [0.05, 0.1) is 15.9 Å². The van der Waals surface area contributed by atoms with Gasteiger partial charge < -0.3 is 4.98 Å². The highest BCUT2D eigenvalue weighted by atomic mass is 35.5. The highest BCUT2D eigenvalue weighted by molar-refractivity contribution is 7.92. The van der Waals surface area contributed by atoms with Crippen molar-refractivity contribution < 1.29 is 8.42 Å². The Bertz CT molecular complexity index is 886. The first kappa shape index (κ1) is 13.9. The molecule has 2 aromatic carbocycles. The Balaban J connectivity index is 1.96. The first-order chi connectivity index (χ1) is 9.95. The van der Waals surface area contributed by atoms with Crippen molar-refractivity contribution in [2.75, 3.05) is 4.72 Å². The van der Waals surface area contributed by atoms with E-state index in [4.69, 9.17) is 11.6 Å². The van der Waals surface area contributed by atoms with Gasteiger partial charge in [-0.2, -0.15) is 0 Å². The number of aryl methyl sites for hydroxylation is 1. The van der Waals surface area contributed by atoms with E-state index in [1.54, 1.807) is 19.1 Å². The van der Waals surface area contributed by atoms with Crippen LogP contribution in [-0.4, -0.2) is 18.4 Å². The van der Waals surface area contributed by atoms with Crippen LogP contribution in [0.3, 0.4) is 0 Å². The Labute approximate surface area is 127 Å². The average molecular weight is 322 g/mol. The minimum atomic E-state index is -3.70. The largest absolute Gasteiger partial charge is 0.323 e. The first-order valence-electron chi connectivity index (χ1n) is 6.19. The van der Waals surface area contributed by atoms with Gasteiger partial charge in [-0.3, -0.25) is 0 Å². The van der Waals surface area contributed by atoms with Gasteiger partial charge in [-0.1, -0.05) is 23.7 Å². The van der Waals surface area contributed by atoms with Crippen LogP contribution in [0.1, 0.15) is 5.56 Å². The molecule has 3 aromatic rings. The molecule has 0 saturated heterocycles. The lowest BCUT2D eigenvalue weighted by Crippen LogP contribution is -2.14. The van der Waals surface area contributed by atoms with Crippen LogP contribution in [0.2, 0.25) is 5.02 Å². The van der Waals surface area contributed by atoms with Crippen molar-refractivity contribution in [3.63, 3.8) is 0 Å². The SMILES string of the molecule is Cc1cc(S(=O)(=O)Nc2nc3ccccc3[nH]2)ccc1Cl. The molecule has 1 aromatic heterocycles. The molecule has 0 amide bonds. The number of halogens is 1. The molecule has 108 valence electrons. The number of fused-ring (bicyclic) bond motifs is 1. The second kappa shape index (κ2) is 5.05. The number of benzene rings is 2. The maximum atomic E-state index is 12.3. The van der Waals surface area contributed by atoms with E-state index in [9.17, 15) is 8.42 Å². The molecule has 0 fully saturated rings. The second-order valence-corrected chi connectivity index (χ2v) is 6.71. The Morgan fingerprint density at radius 1 is 1.19 bits per heavy atom. The molecule has 1 heterocycles. The van der Waals surface area contributed by atoms with Crippen LogP contribution in [-0.2, 0) is 10.0 Å². The van der Waals surface area contributed by atoms with Gasteiger partial charge >= 0.3 is 0 Å². The topological polar surface area (TPSA) is 74.8 Å². The Morgan fingerprint density at radius 3 is 2.67 bits per heavy atom. The van der Waals surface area contributed by atoms with Crippen molar-refractivity contribution in [1.82, 2.24) is 9.97 Å². The summed E-state index contributed by atoms with van der Waals surface area (Å²) in [5.74, 6) is 0.184. The zero-order valence-electron chi connectivity index (χ0n) is 11.1. The molecule has 3 rings (SSSR count). The van der Waals surface area contributed by atoms with Gasteiger partial charge in [0.15, 0.2) is 0 Å². The van der Waals surface area contributed by atoms with Crippen LogP contribution in [0.5, 0.6) is 0 Å². The fourth-order valence-electron chi connectivity index (χ4n) is 1.97. The van der Waals surface area contributed by atoms with Gasteiger partial charge in [0, 0.05) is 5.02 Å². The van der Waals surface area contributed by atoms with Crippen molar-refractivity contribution in [1.29, 1.82) is 0 Å². The maximum absolute atomic E-state index is 12.3. The van der Waals surface area contributed by atoms with Crippen LogP contribution in [0.4, 0.5) is 5.95 Å². The van der Waals surface area contributed by atoms with Gasteiger partial charge in [0.1, 0.15) is 0 Å². The lowest BCUT2D eigenvalue weighted by Gasteiger charge is -2.06. The summed E-state index contributed by atoms with van der Waals surface area (Å²) in [6.45, 7) is 1.75. The lowest BCUT2D eigenvalue weighted by molar-refractivity contribution is 0.601. The molecule has 0 radical (unpaired) electrons. The number of sulfonamides is 1. The smallest absolute Gasteiger partial charge is 0.264 e. The molecule has 0 atom stereocenters. The normalized spacial score (nSPS) is 11.7. The Morgan fingerprint density at radius 2 is 1.95 bits per heavy atom. The van der Waals surface area contributed by atoms with E-state index in [1.807, 2.05) is 18.2 Å². The maximum Gasteiger partial charge on any atom is 0.264 e. The minimum absolute atomic E-state index is 0.143. The predicted molar refractivity (Wildman–Crippen MR) is 83.1 cm³/mol. The van der Waals surface area contributed by atoms with Crippen molar-refractivity contribution in [3.05, 3.63) is 53.1 Å². The molecule has 0 saturated carbocycles. The fraction of sp³-hybridized carbons (Fsp3) is 0.0714. The highest BCUT2D eigenvalue weighted by Crippen LogP contribution is 2.22. The average Bonchev–Trinajstić information content (AvgIpc) is 2.82. The number of aromatic amines is 1. The summed E-state index contributed by atoms with van der Waals surface area (Å²) in [4.78, 5) is 7.25. The van der Waals surface area contributed by atoms with E-state index in [2.05, 4.69) is 14.7 Å². The van der Waals surface area contributed by atoms with Crippen LogP contribution in [0.25, 0.3) is 11.0 Å². The monoisotopic (exact) mass is 321 g/mol. The van der Waals surface area contributed by atoms with Gasteiger partial charge in [0.25, 0.3) is 10.0 Å². The quantitative estimate of drug-likeness (QED) is 0.777. The summed E-state index contributed by atoms with van der Waals surface area (Å²) in [6, 6.07) is 11.9. The standard InChI is InChI=1S/C14H12ClN3O2S/c1-9-8-10(6-7-11(9)15)21(19,20)18-14-16-12-4-2-3-5-13(12)17-14/h2-8H,1H3,(H2,16,17,18). The van der Waals surface area contributed by atoms with Crippen molar-refractivity contribution in [2.24, 2.45) is 0 Å². The molecule has 0 aliphatic carbocycles. The van der Waals surface area contributed by atoms with Gasteiger partial charge in [-0.05, 0) is 42.8 Å². The van der Waals surface area contributed by atoms with E-state index < -0.39 is 10.0 Å². The third-order valence-electron chi connectivity index (χ3n) is 3.06. The first-order valence-corrected chi connectivity index (χ1v) is 8.05. The molecule has 21 heavy (non-hydrogen) atoms. The third kappa shape index (κ3) is 2.72.